The van der Waals surface area contributed by atoms with E-state index in [1.807, 2.05) is 0 Å². The summed E-state index contributed by atoms with van der Waals surface area (Å²) in [6.45, 7) is 2.57. The maximum absolute atomic E-state index is 10.0. The van der Waals surface area contributed by atoms with E-state index in [2.05, 4.69) is 11.1 Å². The third-order valence-corrected chi connectivity index (χ3v) is 3.04. The average Bonchev–Trinajstić information content (AvgIpc) is 2.25. The van der Waals surface area contributed by atoms with Gasteiger partial charge in [0.25, 0.3) is 0 Å². The van der Waals surface area contributed by atoms with Gasteiger partial charge in [-0.15, -0.1) is 0 Å². The molecule has 0 spiro atoms. The van der Waals surface area contributed by atoms with Gasteiger partial charge in [-0.3, -0.25) is 0 Å². The second-order valence-corrected chi connectivity index (χ2v) is 4.85. The molecule has 5 heteroatoms. The van der Waals surface area contributed by atoms with Gasteiger partial charge in [-0.2, -0.15) is 0 Å². The third kappa shape index (κ3) is 20.2. The Morgan fingerprint density at radius 2 is 1.35 bits per heavy atom. The number of hydrogen-bond acceptors (Lipinski definition) is 3. The van der Waals surface area contributed by atoms with Crippen molar-refractivity contribution >= 4 is 11.4 Å². The zero-order chi connectivity index (χ0) is 12.1. The second-order valence-electron chi connectivity index (χ2n) is 4.21. The van der Waals surface area contributed by atoms with E-state index in [9.17, 15) is 8.76 Å². The molecular formula is C12H26KO3S-. The minimum absolute atomic E-state index is 0. The van der Waals surface area contributed by atoms with Crippen LogP contribution in [0.15, 0.2) is 0 Å². The van der Waals surface area contributed by atoms with Crippen molar-refractivity contribution in [2.45, 2.75) is 71.1 Å². The maximum Gasteiger partial charge on any atom is 1.00 e. The molecule has 0 heterocycles. The van der Waals surface area contributed by atoms with Crippen LogP contribution in [0, 0.1) is 0 Å². The smallest absolute Gasteiger partial charge is 1.00 e. The molecule has 0 saturated carbocycles. The van der Waals surface area contributed by atoms with Crippen molar-refractivity contribution in [2.75, 3.05) is 6.61 Å². The molecule has 0 aromatic carbocycles. The van der Waals surface area contributed by atoms with Crippen LogP contribution in [0.4, 0.5) is 0 Å². The quantitative estimate of drug-likeness (QED) is 0.304. The summed E-state index contributed by atoms with van der Waals surface area (Å²) in [7, 11) is 0. The SMILES string of the molecule is CCCCCCCCCCCCOS(=O)[O-].[H-].[K+]. The first-order valence-electron chi connectivity index (χ1n) is 6.50. The molecule has 1 atom stereocenters. The van der Waals surface area contributed by atoms with Crippen LogP contribution in [0.1, 0.15) is 72.6 Å². The van der Waals surface area contributed by atoms with Crippen molar-refractivity contribution in [3.63, 3.8) is 0 Å². The van der Waals surface area contributed by atoms with Crippen LogP contribution in [0.2, 0.25) is 0 Å². The van der Waals surface area contributed by atoms with Gasteiger partial charge in [0.05, 0.1) is 18.0 Å². The first-order chi connectivity index (χ1) is 7.77. The molecule has 0 fully saturated rings. The van der Waals surface area contributed by atoms with Crippen LogP contribution in [0.3, 0.4) is 0 Å². The molecule has 0 amide bonds. The summed E-state index contributed by atoms with van der Waals surface area (Å²) in [6.07, 6.45) is 12.5. The standard InChI is InChI=1S/C12H26O3S.K.H/c1-2-3-4-5-6-7-8-9-10-11-12-15-16(13)14;;/h2-12H2,1H3,(H,13,14);;/q;+1;-1/p-1. The Bertz CT molecular complexity index is 173. The fourth-order valence-corrected chi connectivity index (χ4v) is 1.97. The molecule has 17 heavy (non-hydrogen) atoms. The Labute approximate surface area is 153 Å². The molecule has 0 rings (SSSR count). The van der Waals surface area contributed by atoms with E-state index in [0.29, 0.717) is 6.61 Å². The van der Waals surface area contributed by atoms with Gasteiger partial charge in [-0.25, -0.2) is 4.21 Å². The van der Waals surface area contributed by atoms with Crippen molar-refractivity contribution in [1.82, 2.24) is 0 Å². The molecule has 0 bridgehead atoms. The minimum atomic E-state index is -2.33. The van der Waals surface area contributed by atoms with Crippen molar-refractivity contribution in [3.05, 3.63) is 0 Å². The minimum Gasteiger partial charge on any atom is -1.00 e. The molecule has 0 saturated heterocycles. The summed E-state index contributed by atoms with van der Waals surface area (Å²) in [4.78, 5) is 0. The molecule has 0 aromatic heterocycles. The predicted molar refractivity (Wildman–Crippen MR) is 67.8 cm³/mol. The van der Waals surface area contributed by atoms with Gasteiger partial charge in [0.2, 0.25) is 0 Å². The largest absolute Gasteiger partial charge is 1.00 e. The van der Waals surface area contributed by atoms with E-state index in [1.165, 1.54) is 51.4 Å². The summed E-state index contributed by atoms with van der Waals surface area (Å²) in [5.41, 5.74) is 0. The first kappa shape index (κ1) is 21.0. The molecule has 3 nitrogen and oxygen atoms in total. The van der Waals surface area contributed by atoms with Gasteiger partial charge >= 0.3 is 51.4 Å². The van der Waals surface area contributed by atoms with Crippen LogP contribution >= 0.6 is 0 Å². The summed E-state index contributed by atoms with van der Waals surface area (Å²) in [5.74, 6) is 0. The Hall–Kier alpha value is 1.71. The number of hydrogen-bond donors (Lipinski definition) is 0. The van der Waals surface area contributed by atoms with Gasteiger partial charge in [-0.05, 0) is 6.42 Å². The summed E-state index contributed by atoms with van der Waals surface area (Å²) >= 11 is -2.33. The van der Waals surface area contributed by atoms with Gasteiger partial charge in [0, 0.05) is 0 Å². The number of unbranched alkanes of at least 4 members (excludes halogenated alkanes) is 9. The van der Waals surface area contributed by atoms with Gasteiger partial charge < -0.3 is 10.2 Å². The van der Waals surface area contributed by atoms with E-state index in [-0.39, 0.29) is 52.8 Å². The maximum atomic E-state index is 10.0. The molecule has 0 radical (unpaired) electrons. The Morgan fingerprint density at radius 1 is 0.941 bits per heavy atom. The molecule has 0 aliphatic carbocycles. The van der Waals surface area contributed by atoms with E-state index >= 15 is 0 Å². The monoisotopic (exact) mass is 289 g/mol. The summed E-state index contributed by atoms with van der Waals surface area (Å²) in [5, 5.41) is 0. The van der Waals surface area contributed by atoms with Gasteiger partial charge in [-0.1, -0.05) is 64.7 Å². The molecule has 0 N–H and O–H groups in total. The van der Waals surface area contributed by atoms with Crippen molar-refractivity contribution in [2.24, 2.45) is 0 Å². The van der Waals surface area contributed by atoms with Crippen LogP contribution < -0.4 is 51.4 Å². The zero-order valence-corrected chi connectivity index (χ0v) is 15.4. The fraction of sp³-hybridized carbons (Fsp3) is 1.00. The van der Waals surface area contributed by atoms with Crippen molar-refractivity contribution < 1.29 is 65.8 Å². The Kier molecular flexibility index (Phi) is 21.9. The first-order valence-corrected chi connectivity index (χ1v) is 7.50. The molecular weight excluding hydrogens is 263 g/mol. The molecule has 0 aliphatic heterocycles. The van der Waals surface area contributed by atoms with Crippen molar-refractivity contribution in [1.29, 1.82) is 0 Å². The van der Waals surface area contributed by atoms with Gasteiger partial charge in [0.15, 0.2) is 0 Å². The fourth-order valence-electron chi connectivity index (χ4n) is 1.72. The average molecular weight is 290 g/mol. The van der Waals surface area contributed by atoms with E-state index in [4.69, 9.17) is 0 Å². The Morgan fingerprint density at radius 3 is 1.76 bits per heavy atom. The predicted octanol–water partition coefficient (Wildman–Crippen LogP) is 0.835. The molecule has 1 unspecified atom stereocenters. The van der Waals surface area contributed by atoms with Crippen LogP contribution in [-0.2, 0) is 15.5 Å². The second kappa shape index (κ2) is 17.7. The van der Waals surface area contributed by atoms with Crippen molar-refractivity contribution in [3.8, 4) is 0 Å². The normalized spacial score (nSPS) is 12.1. The van der Waals surface area contributed by atoms with E-state index in [1.54, 1.807) is 0 Å². The molecule has 100 valence electrons. The van der Waals surface area contributed by atoms with Gasteiger partial charge in [0.1, 0.15) is 0 Å². The van der Waals surface area contributed by atoms with E-state index < -0.39 is 11.4 Å². The topological polar surface area (TPSA) is 49.4 Å². The molecule has 0 aromatic rings. The third-order valence-electron chi connectivity index (χ3n) is 2.68. The van der Waals surface area contributed by atoms with Crippen LogP contribution in [0.25, 0.3) is 0 Å². The number of rotatable bonds is 12. The zero-order valence-electron chi connectivity index (χ0n) is 12.4. The summed E-state index contributed by atoms with van der Waals surface area (Å²) in [6, 6.07) is 0. The van der Waals surface area contributed by atoms with E-state index in [0.717, 1.165) is 12.8 Å². The Balaban J connectivity index is -0.00000112. The van der Waals surface area contributed by atoms with Crippen LogP contribution in [0.5, 0.6) is 0 Å². The van der Waals surface area contributed by atoms with Crippen LogP contribution in [-0.4, -0.2) is 15.4 Å². The summed E-state index contributed by atoms with van der Waals surface area (Å²) < 4.78 is 24.5. The molecule has 0 aliphatic rings.